The Morgan fingerprint density at radius 2 is 2.41 bits per heavy atom. The number of benzene rings is 1. The third kappa shape index (κ3) is 2.48. The number of carbonyl (C=O) groups is 1. The lowest BCUT2D eigenvalue weighted by molar-refractivity contribution is -0.690. The van der Waals surface area contributed by atoms with E-state index in [1.807, 2.05) is 0 Å². The zero-order valence-electron chi connectivity index (χ0n) is 9.25. The van der Waals surface area contributed by atoms with E-state index in [1.165, 1.54) is 7.11 Å². The lowest BCUT2D eigenvalue weighted by Crippen LogP contribution is -2.90. The molecule has 0 spiro atoms. The van der Waals surface area contributed by atoms with Crippen molar-refractivity contribution in [2.75, 3.05) is 12.9 Å². The number of rotatable bonds is 3. The lowest BCUT2D eigenvalue weighted by Gasteiger charge is -2.12. The van der Waals surface area contributed by atoms with Crippen molar-refractivity contribution in [3.05, 3.63) is 23.8 Å². The van der Waals surface area contributed by atoms with Gasteiger partial charge in [0.2, 0.25) is 0 Å². The first-order valence-corrected chi connectivity index (χ1v) is 6.21. The lowest BCUT2D eigenvalue weighted by atomic mass is 10.2. The molecule has 0 aromatic heterocycles. The number of quaternary nitrogens is 1. The minimum atomic E-state index is -1.04. The highest BCUT2D eigenvalue weighted by Crippen LogP contribution is 2.33. The molecule has 1 aromatic carbocycles. The molecule has 2 atom stereocenters. The average Bonchev–Trinajstić information content (AvgIpc) is 2.79. The van der Waals surface area contributed by atoms with Gasteiger partial charge in [-0.1, -0.05) is 11.8 Å². The van der Waals surface area contributed by atoms with Crippen molar-refractivity contribution in [2.45, 2.75) is 11.4 Å². The Labute approximate surface area is 103 Å². The maximum atomic E-state index is 10.7. The molecule has 0 radical (unpaired) electrons. The van der Waals surface area contributed by atoms with Gasteiger partial charge in [-0.15, -0.1) is 0 Å². The molecule has 1 aromatic rings. The van der Waals surface area contributed by atoms with Crippen LogP contribution in [-0.2, 0) is 4.79 Å². The highest BCUT2D eigenvalue weighted by molar-refractivity contribution is 7.99. The predicted octanol–water partition coefficient (Wildman–Crippen LogP) is -1.17. The van der Waals surface area contributed by atoms with E-state index in [2.05, 4.69) is 0 Å². The van der Waals surface area contributed by atoms with Crippen molar-refractivity contribution in [3.63, 3.8) is 0 Å². The van der Waals surface area contributed by atoms with Crippen molar-refractivity contribution < 1.29 is 25.1 Å². The molecule has 1 fully saturated rings. The minimum absolute atomic E-state index is 0.00685. The first-order chi connectivity index (χ1) is 8.11. The predicted molar refractivity (Wildman–Crippen MR) is 60.6 cm³/mol. The van der Waals surface area contributed by atoms with E-state index in [0.717, 1.165) is 5.56 Å². The summed E-state index contributed by atoms with van der Waals surface area (Å²) in [7, 11) is 1.48. The molecule has 1 aliphatic rings. The second kappa shape index (κ2) is 4.85. The van der Waals surface area contributed by atoms with Crippen LogP contribution in [-0.4, -0.2) is 30.0 Å². The van der Waals surface area contributed by atoms with Crippen molar-refractivity contribution in [1.82, 2.24) is 0 Å². The van der Waals surface area contributed by atoms with E-state index < -0.39 is 12.0 Å². The van der Waals surface area contributed by atoms with Gasteiger partial charge in [0, 0.05) is 5.56 Å². The van der Waals surface area contributed by atoms with E-state index >= 15 is 0 Å². The number of phenolic OH excluding ortho intramolecular Hbond substituents is 1. The summed E-state index contributed by atoms with van der Waals surface area (Å²) in [5.41, 5.74) is 0.924. The number of hydrogen-bond donors (Lipinski definition) is 2. The molecule has 2 rings (SSSR count). The summed E-state index contributed by atoms with van der Waals surface area (Å²) in [6.45, 7) is 0. The number of carboxylic acids is 1. The van der Waals surface area contributed by atoms with Crippen LogP contribution in [0.15, 0.2) is 18.2 Å². The fourth-order valence-electron chi connectivity index (χ4n) is 1.75. The van der Waals surface area contributed by atoms with E-state index in [9.17, 15) is 15.0 Å². The van der Waals surface area contributed by atoms with Crippen molar-refractivity contribution in [1.29, 1.82) is 0 Å². The van der Waals surface area contributed by atoms with Crippen LogP contribution in [0.3, 0.4) is 0 Å². The molecule has 3 N–H and O–H groups in total. The number of phenols is 1. The van der Waals surface area contributed by atoms with Crippen LogP contribution in [0.4, 0.5) is 0 Å². The molecule has 1 aliphatic heterocycles. The van der Waals surface area contributed by atoms with Gasteiger partial charge in [0.25, 0.3) is 0 Å². The zero-order chi connectivity index (χ0) is 12.4. The van der Waals surface area contributed by atoms with Crippen LogP contribution in [0, 0.1) is 0 Å². The monoisotopic (exact) mass is 255 g/mol. The molecule has 92 valence electrons. The van der Waals surface area contributed by atoms with E-state index in [-0.39, 0.29) is 11.1 Å². The maximum absolute atomic E-state index is 10.7. The van der Waals surface area contributed by atoms with Gasteiger partial charge in [0.1, 0.15) is 12.0 Å². The highest BCUT2D eigenvalue weighted by Gasteiger charge is 2.31. The van der Waals surface area contributed by atoms with Crippen LogP contribution in [0.2, 0.25) is 0 Å². The second-order valence-electron chi connectivity index (χ2n) is 3.80. The SMILES string of the molecule is COc1cc([C@H]2[NH2+][C@H](C(=O)[O-])CS2)ccc1O. The maximum Gasteiger partial charge on any atom is 0.161 e. The molecular weight excluding hydrogens is 242 g/mol. The molecule has 5 nitrogen and oxygen atoms in total. The Kier molecular flexibility index (Phi) is 3.44. The topological polar surface area (TPSA) is 86.2 Å². The summed E-state index contributed by atoms with van der Waals surface area (Å²) >= 11 is 1.54. The number of ether oxygens (including phenoxy) is 1. The summed E-state index contributed by atoms with van der Waals surface area (Å²) in [5, 5.41) is 22.0. The van der Waals surface area contributed by atoms with Crippen molar-refractivity contribution >= 4 is 17.7 Å². The second-order valence-corrected chi connectivity index (χ2v) is 4.98. The Morgan fingerprint density at radius 1 is 1.65 bits per heavy atom. The van der Waals surface area contributed by atoms with Gasteiger partial charge >= 0.3 is 0 Å². The van der Waals surface area contributed by atoms with Gasteiger partial charge in [-0.3, -0.25) is 0 Å². The Balaban J connectivity index is 2.16. The fourth-order valence-corrected chi connectivity index (χ4v) is 3.06. The molecular formula is C11H13NO4S. The summed E-state index contributed by atoms with van der Waals surface area (Å²) < 4.78 is 5.02. The van der Waals surface area contributed by atoms with Crippen LogP contribution < -0.4 is 15.2 Å². The summed E-state index contributed by atoms with van der Waals surface area (Å²) in [6, 6.07) is 4.53. The Morgan fingerprint density at radius 3 is 3.00 bits per heavy atom. The van der Waals surface area contributed by atoms with E-state index in [0.29, 0.717) is 11.5 Å². The zero-order valence-corrected chi connectivity index (χ0v) is 10.1. The molecule has 1 saturated heterocycles. The minimum Gasteiger partial charge on any atom is -0.544 e. The largest absolute Gasteiger partial charge is 0.544 e. The summed E-state index contributed by atoms with van der Waals surface area (Å²) in [5.74, 6) is -0.0363. The highest BCUT2D eigenvalue weighted by atomic mass is 32.2. The van der Waals surface area contributed by atoms with E-state index in [4.69, 9.17) is 4.74 Å². The number of carbonyl (C=O) groups excluding carboxylic acids is 1. The van der Waals surface area contributed by atoms with Crippen LogP contribution >= 0.6 is 11.8 Å². The summed E-state index contributed by atoms with van der Waals surface area (Å²) in [4.78, 5) is 10.7. The molecule has 6 heteroatoms. The number of aliphatic carboxylic acids is 1. The van der Waals surface area contributed by atoms with Crippen LogP contribution in [0.1, 0.15) is 10.9 Å². The first kappa shape index (κ1) is 12.1. The average molecular weight is 255 g/mol. The Hall–Kier alpha value is -1.40. The Bertz CT molecular complexity index is 437. The number of hydrogen-bond acceptors (Lipinski definition) is 5. The third-order valence-corrected chi connectivity index (χ3v) is 4.04. The fraction of sp³-hybridized carbons (Fsp3) is 0.364. The van der Waals surface area contributed by atoms with E-state index in [1.54, 1.807) is 35.3 Å². The molecule has 0 unspecified atom stereocenters. The molecule has 0 aliphatic carbocycles. The normalized spacial score (nSPS) is 23.6. The number of aromatic hydroxyl groups is 1. The summed E-state index contributed by atoms with van der Waals surface area (Å²) in [6.07, 6.45) is 0. The molecule has 1 heterocycles. The van der Waals surface area contributed by atoms with Crippen LogP contribution in [0.5, 0.6) is 11.5 Å². The molecule has 0 saturated carbocycles. The van der Waals surface area contributed by atoms with Crippen molar-refractivity contribution in [2.24, 2.45) is 0 Å². The standard InChI is InChI=1S/C11H13NO4S/c1-16-9-4-6(2-3-8(9)13)10-12-7(5-17-10)11(14)15/h2-4,7,10,12-13H,5H2,1H3,(H,14,15)/t7-,10-/m0/s1. The number of thioether (sulfide) groups is 1. The van der Waals surface area contributed by atoms with Gasteiger partial charge < -0.3 is 25.1 Å². The van der Waals surface area contributed by atoms with Gasteiger partial charge in [-0.2, -0.15) is 0 Å². The quantitative estimate of drug-likeness (QED) is 0.710. The number of nitrogens with two attached hydrogens (primary N) is 1. The number of methoxy groups -OCH3 is 1. The van der Waals surface area contributed by atoms with Crippen LogP contribution in [0.25, 0.3) is 0 Å². The first-order valence-electron chi connectivity index (χ1n) is 5.16. The smallest absolute Gasteiger partial charge is 0.161 e. The van der Waals surface area contributed by atoms with Gasteiger partial charge in [0.05, 0.1) is 12.9 Å². The third-order valence-electron chi connectivity index (χ3n) is 2.70. The molecule has 0 amide bonds. The number of carboxylic acid groups (broad SMARTS) is 1. The van der Waals surface area contributed by atoms with Gasteiger partial charge in [-0.25, -0.2) is 0 Å². The molecule has 17 heavy (non-hydrogen) atoms. The van der Waals surface area contributed by atoms with Gasteiger partial charge in [0.15, 0.2) is 16.9 Å². The molecule has 0 bridgehead atoms. The van der Waals surface area contributed by atoms with Crippen molar-refractivity contribution in [3.8, 4) is 11.5 Å². The van der Waals surface area contributed by atoms with Gasteiger partial charge in [-0.05, 0) is 18.2 Å².